The maximum atomic E-state index is 13.0. The summed E-state index contributed by atoms with van der Waals surface area (Å²) in [6.45, 7) is 1.56. The predicted molar refractivity (Wildman–Crippen MR) is 124 cm³/mol. The highest BCUT2D eigenvalue weighted by molar-refractivity contribution is 7.99. The number of carbonyl (C=O) groups is 3. The van der Waals surface area contributed by atoms with E-state index in [1.165, 1.54) is 11.8 Å². The second-order valence-electron chi connectivity index (χ2n) is 7.48. The largest absolute Gasteiger partial charge is 0.325 e. The Morgan fingerprint density at radius 3 is 2.31 bits per heavy atom. The van der Waals surface area contributed by atoms with Crippen molar-refractivity contribution in [3.63, 3.8) is 0 Å². The van der Waals surface area contributed by atoms with Crippen LogP contribution in [0.5, 0.6) is 0 Å². The molecule has 1 aliphatic heterocycles. The Labute approximate surface area is 191 Å². The number of para-hydroxylation sites is 1. The Morgan fingerprint density at radius 1 is 0.969 bits per heavy atom. The zero-order valence-corrected chi connectivity index (χ0v) is 18.3. The zero-order valence-electron chi connectivity index (χ0n) is 17.5. The van der Waals surface area contributed by atoms with Gasteiger partial charge in [-0.15, -0.1) is 0 Å². The van der Waals surface area contributed by atoms with Crippen molar-refractivity contribution in [2.75, 3.05) is 5.32 Å². The van der Waals surface area contributed by atoms with Crippen LogP contribution in [0.15, 0.2) is 94.7 Å². The lowest BCUT2D eigenvalue weighted by Gasteiger charge is -2.21. The number of imide groups is 1. The third-order valence-corrected chi connectivity index (χ3v) is 6.30. The summed E-state index contributed by atoms with van der Waals surface area (Å²) in [7, 11) is 0. The Kier molecular flexibility index (Phi) is 6.56. The Morgan fingerprint density at radius 2 is 1.59 bits per heavy atom. The van der Waals surface area contributed by atoms with Gasteiger partial charge in [0.05, 0.1) is 5.69 Å². The van der Waals surface area contributed by atoms with Gasteiger partial charge in [0.15, 0.2) is 0 Å². The molecule has 32 heavy (non-hydrogen) atoms. The number of amides is 4. The van der Waals surface area contributed by atoms with Gasteiger partial charge in [0.2, 0.25) is 5.91 Å². The van der Waals surface area contributed by atoms with E-state index in [0.29, 0.717) is 12.1 Å². The quantitative estimate of drug-likeness (QED) is 0.531. The lowest BCUT2D eigenvalue weighted by molar-refractivity contribution is -0.133. The number of nitrogens with zero attached hydrogens (tertiary/aromatic N) is 1. The highest BCUT2D eigenvalue weighted by atomic mass is 32.2. The van der Waals surface area contributed by atoms with E-state index in [1.807, 2.05) is 78.9 Å². The first-order valence-electron chi connectivity index (χ1n) is 10.3. The van der Waals surface area contributed by atoms with Gasteiger partial charge in [-0.05, 0) is 36.8 Å². The molecule has 2 atom stereocenters. The van der Waals surface area contributed by atoms with Gasteiger partial charge in [-0.1, -0.05) is 72.4 Å². The monoisotopic (exact) mass is 445 g/mol. The third kappa shape index (κ3) is 4.84. The minimum absolute atomic E-state index is 0.382. The number of carbonyl (C=O) groups excluding carboxylic acids is 3. The topological polar surface area (TPSA) is 78.5 Å². The summed E-state index contributed by atoms with van der Waals surface area (Å²) in [5, 5.41) is 5.58. The predicted octanol–water partition coefficient (Wildman–Crippen LogP) is 4.33. The van der Waals surface area contributed by atoms with Gasteiger partial charge in [0.1, 0.15) is 12.1 Å². The molecule has 2 N–H and O–H groups in total. The van der Waals surface area contributed by atoms with Gasteiger partial charge in [-0.2, -0.15) is 0 Å². The summed E-state index contributed by atoms with van der Waals surface area (Å²) in [5.74, 6) is -0.816. The molecule has 3 aromatic carbocycles. The molecule has 1 fully saturated rings. The van der Waals surface area contributed by atoms with E-state index in [4.69, 9.17) is 0 Å². The van der Waals surface area contributed by atoms with Crippen LogP contribution in [0, 0.1) is 0 Å². The van der Waals surface area contributed by atoms with E-state index in [0.717, 1.165) is 20.3 Å². The number of nitrogens with one attached hydrogen (secondary N) is 2. The van der Waals surface area contributed by atoms with Crippen LogP contribution in [0.2, 0.25) is 0 Å². The number of benzene rings is 3. The van der Waals surface area contributed by atoms with Gasteiger partial charge in [-0.3, -0.25) is 14.5 Å². The lowest BCUT2D eigenvalue weighted by Crippen LogP contribution is -2.46. The first kappa shape index (κ1) is 21.6. The Bertz CT molecular complexity index is 1120. The standard InChI is InChI=1S/C25H23N3O3S/c1-17(28-24(30)21(27-25(28)31)16-18-10-4-2-5-11-18)23(29)26-20-14-8-9-15-22(20)32-19-12-6-3-7-13-19/h2-15,17,21H,16H2,1H3,(H,26,29)(H,27,31). The molecule has 2 unspecified atom stereocenters. The van der Waals surface area contributed by atoms with Crippen LogP contribution in [0.25, 0.3) is 0 Å². The molecule has 0 radical (unpaired) electrons. The molecule has 0 bridgehead atoms. The Balaban J connectivity index is 1.45. The average molecular weight is 446 g/mol. The van der Waals surface area contributed by atoms with Crippen LogP contribution < -0.4 is 10.6 Å². The van der Waals surface area contributed by atoms with Crippen LogP contribution in [0.4, 0.5) is 10.5 Å². The second-order valence-corrected chi connectivity index (χ2v) is 8.59. The van der Waals surface area contributed by atoms with Crippen molar-refractivity contribution < 1.29 is 14.4 Å². The molecule has 1 saturated heterocycles. The van der Waals surface area contributed by atoms with Crippen LogP contribution in [-0.2, 0) is 16.0 Å². The first-order chi connectivity index (χ1) is 15.5. The fourth-order valence-electron chi connectivity index (χ4n) is 3.53. The van der Waals surface area contributed by atoms with Gasteiger partial charge in [-0.25, -0.2) is 4.79 Å². The van der Waals surface area contributed by atoms with Gasteiger partial charge in [0, 0.05) is 16.2 Å². The van der Waals surface area contributed by atoms with E-state index in [1.54, 1.807) is 13.0 Å². The summed E-state index contributed by atoms with van der Waals surface area (Å²) >= 11 is 1.53. The normalized spacial score (nSPS) is 16.5. The van der Waals surface area contributed by atoms with E-state index < -0.39 is 29.9 Å². The molecule has 4 amide bonds. The smallest absolute Gasteiger partial charge is 0.325 e. The first-order valence-corrected chi connectivity index (χ1v) is 11.1. The summed E-state index contributed by atoms with van der Waals surface area (Å²) in [4.78, 5) is 41.3. The molecule has 0 spiro atoms. The SMILES string of the molecule is CC(C(=O)Nc1ccccc1Sc1ccccc1)N1C(=O)NC(Cc2ccccc2)C1=O. The molecule has 0 aromatic heterocycles. The molecule has 6 nitrogen and oxygen atoms in total. The molecule has 0 aliphatic carbocycles. The maximum absolute atomic E-state index is 13.0. The summed E-state index contributed by atoms with van der Waals surface area (Å²) < 4.78 is 0. The van der Waals surface area contributed by atoms with Crippen molar-refractivity contribution in [3.05, 3.63) is 90.5 Å². The molecule has 162 valence electrons. The van der Waals surface area contributed by atoms with E-state index in [9.17, 15) is 14.4 Å². The molecular formula is C25H23N3O3S. The van der Waals surface area contributed by atoms with Crippen molar-refractivity contribution in [3.8, 4) is 0 Å². The van der Waals surface area contributed by atoms with Crippen LogP contribution in [0.3, 0.4) is 0 Å². The van der Waals surface area contributed by atoms with Crippen molar-refractivity contribution in [2.45, 2.75) is 35.2 Å². The molecular weight excluding hydrogens is 422 g/mol. The number of anilines is 1. The Hall–Kier alpha value is -3.58. The van der Waals surface area contributed by atoms with Crippen molar-refractivity contribution >= 4 is 35.3 Å². The maximum Gasteiger partial charge on any atom is 0.325 e. The van der Waals surface area contributed by atoms with Gasteiger partial charge >= 0.3 is 6.03 Å². The van der Waals surface area contributed by atoms with Crippen molar-refractivity contribution in [2.24, 2.45) is 0 Å². The summed E-state index contributed by atoms with van der Waals surface area (Å²) in [6.07, 6.45) is 0.382. The highest BCUT2D eigenvalue weighted by Gasteiger charge is 2.42. The van der Waals surface area contributed by atoms with Crippen molar-refractivity contribution in [1.29, 1.82) is 0 Å². The minimum atomic E-state index is -0.946. The lowest BCUT2D eigenvalue weighted by atomic mass is 10.1. The fraction of sp³-hybridized carbons (Fsp3) is 0.160. The van der Waals surface area contributed by atoms with E-state index >= 15 is 0 Å². The molecule has 0 saturated carbocycles. The van der Waals surface area contributed by atoms with Gasteiger partial charge in [0.25, 0.3) is 5.91 Å². The number of hydrogen-bond acceptors (Lipinski definition) is 4. The van der Waals surface area contributed by atoms with Crippen LogP contribution in [0.1, 0.15) is 12.5 Å². The van der Waals surface area contributed by atoms with Crippen LogP contribution >= 0.6 is 11.8 Å². The van der Waals surface area contributed by atoms with E-state index in [-0.39, 0.29) is 0 Å². The summed E-state index contributed by atoms with van der Waals surface area (Å²) in [5.41, 5.74) is 1.57. The van der Waals surface area contributed by atoms with Crippen molar-refractivity contribution in [1.82, 2.24) is 10.2 Å². The summed E-state index contributed by atoms with van der Waals surface area (Å²) in [6, 6.07) is 24.6. The molecule has 1 heterocycles. The number of urea groups is 1. The third-order valence-electron chi connectivity index (χ3n) is 5.22. The molecule has 7 heteroatoms. The van der Waals surface area contributed by atoms with Crippen LogP contribution in [-0.4, -0.2) is 34.8 Å². The number of hydrogen-bond donors (Lipinski definition) is 2. The second kappa shape index (κ2) is 9.70. The number of rotatable bonds is 7. The highest BCUT2D eigenvalue weighted by Crippen LogP contribution is 2.33. The minimum Gasteiger partial charge on any atom is -0.325 e. The molecule has 3 aromatic rings. The van der Waals surface area contributed by atoms with Gasteiger partial charge < -0.3 is 10.6 Å². The molecule has 4 rings (SSSR count). The molecule has 1 aliphatic rings. The zero-order chi connectivity index (χ0) is 22.5. The average Bonchev–Trinajstić information content (AvgIpc) is 3.08. The fourth-order valence-corrected chi connectivity index (χ4v) is 4.45. The van der Waals surface area contributed by atoms with E-state index in [2.05, 4.69) is 10.6 Å².